The summed E-state index contributed by atoms with van der Waals surface area (Å²) in [6.45, 7) is 1.97. The summed E-state index contributed by atoms with van der Waals surface area (Å²) in [6, 6.07) is 16.4. The van der Waals surface area contributed by atoms with E-state index in [9.17, 15) is 5.11 Å². The molecule has 21 heavy (non-hydrogen) atoms. The lowest BCUT2D eigenvalue weighted by Crippen LogP contribution is -1.90. The van der Waals surface area contributed by atoms with E-state index < -0.39 is 0 Å². The summed E-state index contributed by atoms with van der Waals surface area (Å²) >= 11 is 2.29. The minimum absolute atomic E-state index is 0.0176. The summed E-state index contributed by atoms with van der Waals surface area (Å²) in [4.78, 5) is 0. The van der Waals surface area contributed by atoms with Crippen molar-refractivity contribution in [1.29, 1.82) is 0 Å². The van der Waals surface area contributed by atoms with Gasteiger partial charge in [0.15, 0.2) is 0 Å². The van der Waals surface area contributed by atoms with Gasteiger partial charge < -0.3 is 9.52 Å². The molecule has 0 atom stereocenters. The lowest BCUT2D eigenvalue weighted by Gasteiger charge is -2.08. The van der Waals surface area contributed by atoms with Gasteiger partial charge in [0.1, 0.15) is 11.3 Å². The molecule has 0 fully saturated rings. The van der Waals surface area contributed by atoms with Crippen molar-refractivity contribution in [2.45, 2.75) is 6.92 Å². The third kappa shape index (κ3) is 3.04. The topological polar surface area (TPSA) is 33.4 Å². The molecule has 0 aliphatic carbocycles. The number of aliphatic hydroxyl groups excluding tert-OH is 1. The summed E-state index contributed by atoms with van der Waals surface area (Å²) < 4.78 is 6.81. The molecule has 3 rings (SSSR count). The first-order valence-electron chi connectivity index (χ1n) is 6.75. The smallest absolute Gasteiger partial charge is 0.134 e. The van der Waals surface area contributed by atoms with E-state index in [1.165, 1.54) is 3.57 Å². The molecule has 1 heterocycles. The van der Waals surface area contributed by atoms with Crippen LogP contribution in [0.3, 0.4) is 0 Å². The molecular formula is C18H15IO2. The van der Waals surface area contributed by atoms with Crippen molar-refractivity contribution in [3.05, 3.63) is 75.1 Å². The molecule has 2 nitrogen and oxygen atoms in total. The van der Waals surface area contributed by atoms with Crippen molar-refractivity contribution in [3.63, 3.8) is 0 Å². The van der Waals surface area contributed by atoms with Gasteiger partial charge in [0, 0.05) is 8.96 Å². The zero-order valence-electron chi connectivity index (χ0n) is 11.6. The summed E-state index contributed by atoms with van der Waals surface area (Å²) in [6.07, 6.45) is 1.84. The molecule has 0 saturated heterocycles. The zero-order valence-corrected chi connectivity index (χ0v) is 13.8. The van der Waals surface area contributed by atoms with Crippen LogP contribution in [0.15, 0.2) is 59.0 Å². The molecule has 1 aromatic heterocycles. The van der Waals surface area contributed by atoms with Crippen LogP contribution < -0.4 is 0 Å². The number of hydrogen-bond acceptors (Lipinski definition) is 2. The highest BCUT2D eigenvalue weighted by atomic mass is 127. The number of aryl methyl sites for hydroxylation is 1. The predicted molar refractivity (Wildman–Crippen MR) is 94.3 cm³/mol. The maximum absolute atomic E-state index is 9.33. The number of benzene rings is 2. The van der Waals surface area contributed by atoms with Crippen LogP contribution in [0.4, 0.5) is 0 Å². The Balaban J connectivity index is 2.10. The van der Waals surface area contributed by atoms with Gasteiger partial charge in [-0.25, -0.2) is 0 Å². The zero-order chi connectivity index (χ0) is 14.8. The first-order valence-corrected chi connectivity index (χ1v) is 7.83. The summed E-state index contributed by atoms with van der Waals surface area (Å²) in [5, 5.41) is 10.4. The van der Waals surface area contributed by atoms with Crippen molar-refractivity contribution in [1.82, 2.24) is 0 Å². The Morgan fingerprint density at radius 3 is 2.52 bits per heavy atom. The van der Waals surface area contributed by atoms with Crippen LogP contribution in [0.5, 0.6) is 0 Å². The van der Waals surface area contributed by atoms with Gasteiger partial charge in [-0.15, -0.1) is 0 Å². The van der Waals surface area contributed by atoms with Gasteiger partial charge in [-0.05, 0) is 76.5 Å². The molecular weight excluding hydrogens is 375 g/mol. The molecule has 0 saturated carbocycles. The second kappa shape index (κ2) is 6.03. The molecule has 0 aliphatic heterocycles. The van der Waals surface area contributed by atoms with E-state index in [2.05, 4.69) is 52.9 Å². The molecule has 0 aliphatic rings. The first kappa shape index (κ1) is 14.4. The van der Waals surface area contributed by atoms with E-state index in [0.717, 1.165) is 33.4 Å². The van der Waals surface area contributed by atoms with E-state index in [4.69, 9.17) is 4.42 Å². The van der Waals surface area contributed by atoms with E-state index in [-0.39, 0.29) is 6.61 Å². The van der Waals surface area contributed by atoms with Crippen LogP contribution in [0, 0.1) is 10.5 Å². The van der Waals surface area contributed by atoms with Crippen LogP contribution in [-0.4, -0.2) is 11.7 Å². The normalized spacial score (nSPS) is 12.0. The standard InChI is InChI=1S/C18H15IO2/c1-12-10-15-11-14(4-7-18(15)21-12)17(8-9-20)13-2-5-16(19)6-3-13/h2-8,10-11,20H,9H2,1H3. The number of rotatable bonds is 3. The number of furan rings is 1. The van der Waals surface area contributed by atoms with Crippen LogP contribution >= 0.6 is 22.6 Å². The van der Waals surface area contributed by atoms with Gasteiger partial charge in [-0.2, -0.15) is 0 Å². The third-order valence-corrected chi connectivity index (χ3v) is 4.12. The second-order valence-corrected chi connectivity index (χ2v) is 6.16. The summed E-state index contributed by atoms with van der Waals surface area (Å²) in [5.74, 6) is 0.907. The first-order chi connectivity index (χ1) is 10.2. The van der Waals surface area contributed by atoms with E-state index in [1.54, 1.807) is 0 Å². The SMILES string of the molecule is Cc1cc2cc(C(=CCO)c3ccc(I)cc3)ccc2o1. The fourth-order valence-electron chi connectivity index (χ4n) is 2.47. The highest BCUT2D eigenvalue weighted by Gasteiger charge is 2.08. The largest absolute Gasteiger partial charge is 0.461 e. The Bertz CT molecular complexity index is 798. The molecule has 2 aromatic carbocycles. The average Bonchev–Trinajstić information content (AvgIpc) is 2.85. The van der Waals surface area contributed by atoms with E-state index in [1.807, 2.05) is 31.2 Å². The molecule has 3 heteroatoms. The monoisotopic (exact) mass is 390 g/mol. The highest BCUT2D eigenvalue weighted by molar-refractivity contribution is 14.1. The van der Waals surface area contributed by atoms with Crippen molar-refractivity contribution >= 4 is 39.1 Å². The average molecular weight is 390 g/mol. The van der Waals surface area contributed by atoms with Gasteiger partial charge in [-0.1, -0.05) is 24.3 Å². The van der Waals surface area contributed by atoms with Crippen LogP contribution in [0.1, 0.15) is 16.9 Å². The predicted octanol–water partition coefficient (Wildman–Crippen LogP) is 4.77. The fraction of sp³-hybridized carbons (Fsp3) is 0.111. The minimum Gasteiger partial charge on any atom is -0.461 e. The summed E-state index contributed by atoms with van der Waals surface area (Å²) in [5.41, 5.74) is 4.11. The Morgan fingerprint density at radius 1 is 1.10 bits per heavy atom. The molecule has 0 radical (unpaired) electrons. The third-order valence-electron chi connectivity index (χ3n) is 3.40. The highest BCUT2D eigenvalue weighted by Crippen LogP contribution is 2.28. The van der Waals surface area contributed by atoms with Crippen molar-refractivity contribution in [3.8, 4) is 0 Å². The van der Waals surface area contributed by atoms with Gasteiger partial charge in [-0.3, -0.25) is 0 Å². The Kier molecular flexibility index (Phi) is 4.12. The maximum atomic E-state index is 9.33. The second-order valence-electron chi connectivity index (χ2n) is 4.92. The van der Waals surface area contributed by atoms with Gasteiger partial charge >= 0.3 is 0 Å². The van der Waals surface area contributed by atoms with Crippen molar-refractivity contribution in [2.75, 3.05) is 6.61 Å². The van der Waals surface area contributed by atoms with Crippen molar-refractivity contribution < 1.29 is 9.52 Å². The van der Waals surface area contributed by atoms with Gasteiger partial charge in [0.05, 0.1) is 6.61 Å². The van der Waals surface area contributed by atoms with Gasteiger partial charge in [0.2, 0.25) is 0 Å². The molecule has 0 unspecified atom stereocenters. The molecule has 3 aromatic rings. The van der Waals surface area contributed by atoms with Crippen LogP contribution in [-0.2, 0) is 0 Å². The number of fused-ring (bicyclic) bond motifs is 1. The van der Waals surface area contributed by atoms with Crippen molar-refractivity contribution in [2.24, 2.45) is 0 Å². The number of aliphatic hydroxyl groups is 1. The Morgan fingerprint density at radius 2 is 1.81 bits per heavy atom. The Hall–Kier alpha value is -1.59. The minimum atomic E-state index is 0.0176. The van der Waals surface area contributed by atoms with E-state index in [0.29, 0.717) is 0 Å². The molecule has 0 bridgehead atoms. The van der Waals surface area contributed by atoms with E-state index >= 15 is 0 Å². The maximum Gasteiger partial charge on any atom is 0.134 e. The number of hydrogen-bond donors (Lipinski definition) is 1. The fourth-order valence-corrected chi connectivity index (χ4v) is 2.83. The van der Waals surface area contributed by atoms with Gasteiger partial charge in [0.25, 0.3) is 0 Å². The molecule has 0 spiro atoms. The molecule has 106 valence electrons. The van der Waals surface area contributed by atoms with Crippen LogP contribution in [0.2, 0.25) is 0 Å². The molecule has 1 N–H and O–H groups in total. The lowest BCUT2D eigenvalue weighted by molar-refractivity contribution is 0.343. The summed E-state index contributed by atoms with van der Waals surface area (Å²) in [7, 11) is 0. The quantitative estimate of drug-likeness (QED) is 0.654. The van der Waals surface area contributed by atoms with Crippen LogP contribution in [0.25, 0.3) is 16.5 Å². The Labute approximate surface area is 137 Å². The number of halogens is 1. The lowest BCUT2D eigenvalue weighted by atomic mass is 9.97. The molecule has 0 amide bonds.